The minimum Gasteiger partial charge on any atom is -0.385 e. The molecule has 2 nitrogen and oxygen atoms in total. The van der Waals surface area contributed by atoms with Gasteiger partial charge < -0.3 is 10.1 Å². The van der Waals surface area contributed by atoms with Crippen molar-refractivity contribution < 1.29 is 4.74 Å². The molecule has 1 fully saturated rings. The standard InChI is InChI=1S/C14H29NO/c1-4-15-14(9-6-10-16-3)13-8-5-7-12(2)11-13/h12-15H,4-11H2,1-3H3. The Bertz CT molecular complexity index is 172. The second-order valence-corrected chi connectivity index (χ2v) is 5.33. The molecule has 1 aliphatic carbocycles. The first-order chi connectivity index (χ1) is 7.77. The monoisotopic (exact) mass is 227 g/mol. The summed E-state index contributed by atoms with van der Waals surface area (Å²) in [5.41, 5.74) is 0. The molecule has 0 spiro atoms. The summed E-state index contributed by atoms with van der Waals surface area (Å²) in [6.07, 6.45) is 8.18. The van der Waals surface area contributed by atoms with E-state index in [-0.39, 0.29) is 0 Å². The summed E-state index contributed by atoms with van der Waals surface area (Å²) in [5.74, 6) is 1.84. The number of rotatable bonds is 7. The van der Waals surface area contributed by atoms with E-state index in [2.05, 4.69) is 19.2 Å². The maximum atomic E-state index is 5.15. The lowest BCUT2D eigenvalue weighted by molar-refractivity contribution is 0.170. The Morgan fingerprint density at radius 3 is 2.81 bits per heavy atom. The van der Waals surface area contributed by atoms with Gasteiger partial charge in [0.2, 0.25) is 0 Å². The highest BCUT2D eigenvalue weighted by Crippen LogP contribution is 2.32. The molecule has 16 heavy (non-hydrogen) atoms. The molecule has 0 aliphatic heterocycles. The first-order valence-corrected chi connectivity index (χ1v) is 7.00. The largest absolute Gasteiger partial charge is 0.385 e. The van der Waals surface area contributed by atoms with Crippen LogP contribution in [0, 0.1) is 11.8 Å². The predicted octanol–water partition coefficient (Wildman–Crippen LogP) is 3.22. The van der Waals surface area contributed by atoms with Gasteiger partial charge in [-0.3, -0.25) is 0 Å². The average molecular weight is 227 g/mol. The second-order valence-electron chi connectivity index (χ2n) is 5.33. The first-order valence-electron chi connectivity index (χ1n) is 7.00. The summed E-state index contributed by atoms with van der Waals surface area (Å²) in [7, 11) is 1.80. The van der Waals surface area contributed by atoms with E-state index in [1.807, 2.05) is 0 Å². The Kier molecular flexibility index (Phi) is 7.06. The Labute approximate surface area is 101 Å². The molecule has 0 aromatic carbocycles. The Hall–Kier alpha value is -0.0800. The molecule has 3 atom stereocenters. The molecule has 3 unspecified atom stereocenters. The zero-order valence-electron chi connectivity index (χ0n) is 11.3. The van der Waals surface area contributed by atoms with Crippen LogP contribution in [0.4, 0.5) is 0 Å². The zero-order valence-corrected chi connectivity index (χ0v) is 11.3. The number of hydrogen-bond acceptors (Lipinski definition) is 2. The summed E-state index contributed by atoms with van der Waals surface area (Å²) in [6.45, 7) is 6.63. The lowest BCUT2D eigenvalue weighted by Crippen LogP contribution is -2.38. The van der Waals surface area contributed by atoms with Gasteiger partial charge in [-0.25, -0.2) is 0 Å². The van der Waals surface area contributed by atoms with Crippen molar-refractivity contribution in [3.8, 4) is 0 Å². The quantitative estimate of drug-likeness (QED) is 0.674. The van der Waals surface area contributed by atoms with E-state index >= 15 is 0 Å². The smallest absolute Gasteiger partial charge is 0.0462 e. The van der Waals surface area contributed by atoms with Gasteiger partial charge in [0.15, 0.2) is 0 Å². The Morgan fingerprint density at radius 2 is 2.19 bits per heavy atom. The molecule has 0 heterocycles. The molecule has 1 rings (SSSR count). The SMILES string of the molecule is CCNC(CCCOC)C1CCCC(C)C1. The van der Waals surface area contributed by atoms with Crippen molar-refractivity contribution in [2.24, 2.45) is 11.8 Å². The van der Waals surface area contributed by atoms with Crippen LogP contribution < -0.4 is 5.32 Å². The van der Waals surface area contributed by atoms with E-state index in [9.17, 15) is 0 Å². The van der Waals surface area contributed by atoms with Crippen LogP contribution in [0.2, 0.25) is 0 Å². The minimum atomic E-state index is 0.725. The molecule has 0 bridgehead atoms. The van der Waals surface area contributed by atoms with Crippen LogP contribution in [0.25, 0.3) is 0 Å². The van der Waals surface area contributed by atoms with Gasteiger partial charge in [-0.2, -0.15) is 0 Å². The molecule has 1 N–H and O–H groups in total. The Morgan fingerprint density at radius 1 is 1.38 bits per heavy atom. The number of methoxy groups -OCH3 is 1. The van der Waals surface area contributed by atoms with E-state index in [4.69, 9.17) is 4.74 Å². The zero-order chi connectivity index (χ0) is 11.8. The van der Waals surface area contributed by atoms with Crippen molar-refractivity contribution in [3.63, 3.8) is 0 Å². The first kappa shape index (κ1) is 14.0. The Balaban J connectivity index is 2.34. The fourth-order valence-electron chi connectivity index (χ4n) is 3.06. The van der Waals surface area contributed by atoms with Gasteiger partial charge in [-0.05, 0) is 44.1 Å². The lowest BCUT2D eigenvalue weighted by atomic mass is 9.77. The fraction of sp³-hybridized carbons (Fsp3) is 1.00. The molecule has 2 heteroatoms. The molecule has 0 radical (unpaired) electrons. The van der Waals surface area contributed by atoms with E-state index < -0.39 is 0 Å². The van der Waals surface area contributed by atoms with E-state index in [1.165, 1.54) is 38.5 Å². The van der Waals surface area contributed by atoms with Gasteiger partial charge in [0.25, 0.3) is 0 Å². The molecule has 1 aliphatic rings. The summed E-state index contributed by atoms with van der Waals surface area (Å²) in [6, 6.07) is 0.725. The molecular weight excluding hydrogens is 198 g/mol. The molecule has 0 aromatic rings. The second kappa shape index (κ2) is 8.08. The van der Waals surface area contributed by atoms with Gasteiger partial charge in [-0.1, -0.05) is 26.7 Å². The molecule has 1 saturated carbocycles. The van der Waals surface area contributed by atoms with Gasteiger partial charge in [0, 0.05) is 19.8 Å². The molecular formula is C14H29NO. The van der Waals surface area contributed by atoms with Crippen LogP contribution in [-0.4, -0.2) is 26.3 Å². The summed E-state index contributed by atoms with van der Waals surface area (Å²) in [5, 5.41) is 3.68. The topological polar surface area (TPSA) is 21.3 Å². The summed E-state index contributed by atoms with van der Waals surface area (Å²) >= 11 is 0. The summed E-state index contributed by atoms with van der Waals surface area (Å²) < 4.78 is 5.15. The number of nitrogens with one attached hydrogen (secondary N) is 1. The lowest BCUT2D eigenvalue weighted by Gasteiger charge is -2.34. The van der Waals surface area contributed by atoms with Crippen LogP contribution >= 0.6 is 0 Å². The third kappa shape index (κ3) is 4.84. The van der Waals surface area contributed by atoms with Crippen LogP contribution in [0.5, 0.6) is 0 Å². The van der Waals surface area contributed by atoms with Crippen LogP contribution in [-0.2, 0) is 4.74 Å². The van der Waals surface area contributed by atoms with E-state index in [0.29, 0.717) is 0 Å². The molecule has 96 valence electrons. The number of ether oxygens (including phenoxy) is 1. The average Bonchev–Trinajstić information content (AvgIpc) is 2.28. The van der Waals surface area contributed by atoms with Gasteiger partial charge in [0.05, 0.1) is 0 Å². The van der Waals surface area contributed by atoms with Crippen molar-refractivity contribution in [3.05, 3.63) is 0 Å². The highest BCUT2D eigenvalue weighted by atomic mass is 16.5. The predicted molar refractivity (Wildman–Crippen MR) is 69.7 cm³/mol. The highest BCUT2D eigenvalue weighted by molar-refractivity contribution is 4.81. The van der Waals surface area contributed by atoms with Crippen molar-refractivity contribution in [2.75, 3.05) is 20.3 Å². The minimum absolute atomic E-state index is 0.725. The maximum Gasteiger partial charge on any atom is 0.0462 e. The summed E-state index contributed by atoms with van der Waals surface area (Å²) in [4.78, 5) is 0. The van der Waals surface area contributed by atoms with Crippen molar-refractivity contribution in [1.29, 1.82) is 0 Å². The van der Waals surface area contributed by atoms with Crippen molar-refractivity contribution in [1.82, 2.24) is 5.32 Å². The van der Waals surface area contributed by atoms with Crippen molar-refractivity contribution in [2.45, 2.75) is 58.4 Å². The fourth-order valence-corrected chi connectivity index (χ4v) is 3.06. The van der Waals surface area contributed by atoms with E-state index in [0.717, 1.165) is 31.0 Å². The maximum absolute atomic E-state index is 5.15. The van der Waals surface area contributed by atoms with Gasteiger partial charge >= 0.3 is 0 Å². The molecule has 0 saturated heterocycles. The van der Waals surface area contributed by atoms with Crippen LogP contribution in [0.3, 0.4) is 0 Å². The normalized spacial score (nSPS) is 27.9. The molecule has 0 amide bonds. The van der Waals surface area contributed by atoms with Gasteiger partial charge in [0.1, 0.15) is 0 Å². The highest BCUT2D eigenvalue weighted by Gasteiger charge is 2.25. The van der Waals surface area contributed by atoms with Crippen LogP contribution in [0.15, 0.2) is 0 Å². The van der Waals surface area contributed by atoms with Crippen LogP contribution in [0.1, 0.15) is 52.4 Å². The van der Waals surface area contributed by atoms with Gasteiger partial charge in [-0.15, -0.1) is 0 Å². The van der Waals surface area contributed by atoms with Crippen molar-refractivity contribution >= 4 is 0 Å². The third-order valence-corrected chi connectivity index (χ3v) is 3.88. The third-order valence-electron chi connectivity index (χ3n) is 3.88. The number of hydrogen-bond donors (Lipinski definition) is 1. The molecule has 0 aromatic heterocycles. The van der Waals surface area contributed by atoms with E-state index in [1.54, 1.807) is 7.11 Å².